The van der Waals surface area contributed by atoms with Gasteiger partial charge in [0.2, 0.25) is 5.91 Å². The van der Waals surface area contributed by atoms with Gasteiger partial charge in [-0.2, -0.15) is 0 Å². The van der Waals surface area contributed by atoms with Gasteiger partial charge in [0.15, 0.2) is 0 Å². The minimum Gasteiger partial charge on any atom is -0.379 e. The largest absolute Gasteiger partial charge is 0.379 e. The maximum atomic E-state index is 12.8. The summed E-state index contributed by atoms with van der Waals surface area (Å²) in [6.07, 6.45) is 0. The second-order valence-corrected chi connectivity index (χ2v) is 7.80. The molecule has 0 heterocycles. The highest BCUT2D eigenvalue weighted by molar-refractivity contribution is 5.98. The molecule has 168 valence electrons. The van der Waals surface area contributed by atoms with Crippen molar-refractivity contribution in [3.05, 3.63) is 70.8 Å². The highest BCUT2D eigenvalue weighted by Gasteiger charge is 2.25. The first kappa shape index (κ1) is 24.6. The van der Waals surface area contributed by atoms with Crippen molar-refractivity contribution in [3.63, 3.8) is 0 Å². The Kier molecular flexibility index (Phi) is 10.2. The molecule has 0 bridgehead atoms. The van der Waals surface area contributed by atoms with Crippen LogP contribution in [0.1, 0.15) is 47.8 Å². The third-order valence-electron chi connectivity index (χ3n) is 4.93. The molecule has 2 amide bonds. The molecule has 0 fully saturated rings. The number of amides is 2. The first-order valence-electron chi connectivity index (χ1n) is 10.8. The number of hydrogen-bond donors (Lipinski definition) is 2. The Hall–Kier alpha value is -2.70. The summed E-state index contributed by atoms with van der Waals surface area (Å²) in [4.78, 5) is 25.5. The van der Waals surface area contributed by atoms with Crippen molar-refractivity contribution in [1.82, 2.24) is 10.6 Å². The quantitative estimate of drug-likeness (QED) is 0.508. The van der Waals surface area contributed by atoms with Crippen LogP contribution in [0.25, 0.3) is 0 Å². The van der Waals surface area contributed by atoms with E-state index in [0.29, 0.717) is 38.5 Å². The molecule has 2 rings (SSSR count). The topological polar surface area (TPSA) is 76.7 Å². The molecule has 2 aromatic carbocycles. The lowest BCUT2D eigenvalue weighted by Gasteiger charge is -2.22. The number of carbonyl (C=O) groups excluding carboxylic acids is 2. The first-order chi connectivity index (χ1) is 14.9. The molecule has 6 nitrogen and oxygen atoms in total. The van der Waals surface area contributed by atoms with E-state index < -0.39 is 6.04 Å². The van der Waals surface area contributed by atoms with Crippen molar-refractivity contribution in [2.75, 3.05) is 19.8 Å². The molecule has 0 aliphatic heterocycles. The number of nitrogens with one attached hydrogen (secondary N) is 2. The standard InChI is InChI=1S/C25H34N2O4/c1-5-30-13-14-31-17-21-11-8-10-20(15-21)16-26-25(29)23(18(2)3)27-24(28)22-12-7-6-9-19(22)4/h6-12,15,18,23H,5,13-14,16-17H2,1-4H3,(H,26,29)(H,27,28). The molecule has 0 spiro atoms. The first-order valence-corrected chi connectivity index (χ1v) is 10.8. The Morgan fingerprint density at radius 2 is 1.68 bits per heavy atom. The van der Waals surface area contributed by atoms with E-state index in [2.05, 4.69) is 10.6 Å². The minimum atomic E-state index is -0.614. The van der Waals surface area contributed by atoms with Gasteiger partial charge in [-0.25, -0.2) is 0 Å². The van der Waals surface area contributed by atoms with Crippen molar-refractivity contribution in [2.24, 2.45) is 5.92 Å². The van der Waals surface area contributed by atoms with Gasteiger partial charge >= 0.3 is 0 Å². The van der Waals surface area contributed by atoms with Crippen LogP contribution < -0.4 is 10.6 Å². The molecule has 1 atom stereocenters. The molecular weight excluding hydrogens is 392 g/mol. The minimum absolute atomic E-state index is 0.0435. The Bertz CT molecular complexity index is 851. The van der Waals surface area contributed by atoms with Crippen molar-refractivity contribution in [2.45, 2.75) is 46.9 Å². The molecular formula is C25H34N2O4. The number of benzene rings is 2. The zero-order valence-electron chi connectivity index (χ0n) is 18.9. The lowest BCUT2D eigenvalue weighted by atomic mass is 10.0. The van der Waals surface area contributed by atoms with E-state index in [1.807, 2.05) is 70.2 Å². The summed E-state index contributed by atoms with van der Waals surface area (Å²) in [5.41, 5.74) is 3.48. The van der Waals surface area contributed by atoms with Crippen molar-refractivity contribution < 1.29 is 19.1 Å². The average Bonchev–Trinajstić information content (AvgIpc) is 2.76. The molecule has 0 saturated carbocycles. The summed E-state index contributed by atoms with van der Waals surface area (Å²) in [5, 5.41) is 5.83. The number of carbonyl (C=O) groups is 2. The maximum Gasteiger partial charge on any atom is 0.252 e. The van der Waals surface area contributed by atoms with Crippen LogP contribution in [0.15, 0.2) is 48.5 Å². The van der Waals surface area contributed by atoms with Crippen LogP contribution in [0, 0.1) is 12.8 Å². The van der Waals surface area contributed by atoms with Gasteiger partial charge in [-0.05, 0) is 42.5 Å². The summed E-state index contributed by atoms with van der Waals surface area (Å²) in [6.45, 7) is 10.4. The predicted molar refractivity (Wildman–Crippen MR) is 122 cm³/mol. The van der Waals surface area contributed by atoms with Crippen molar-refractivity contribution in [1.29, 1.82) is 0 Å². The van der Waals surface area contributed by atoms with Crippen LogP contribution in [-0.4, -0.2) is 37.7 Å². The van der Waals surface area contributed by atoms with Gasteiger partial charge in [0.1, 0.15) is 6.04 Å². The normalized spacial score (nSPS) is 11.9. The Balaban J connectivity index is 1.91. The second-order valence-electron chi connectivity index (χ2n) is 7.80. The number of ether oxygens (including phenoxy) is 2. The Morgan fingerprint density at radius 1 is 0.968 bits per heavy atom. The van der Waals surface area contributed by atoms with E-state index in [1.165, 1.54) is 0 Å². The number of hydrogen-bond acceptors (Lipinski definition) is 4. The highest BCUT2D eigenvalue weighted by atomic mass is 16.5. The van der Waals surface area contributed by atoms with Gasteiger partial charge in [0.05, 0.1) is 19.8 Å². The van der Waals surface area contributed by atoms with Gasteiger partial charge in [-0.1, -0.05) is 56.3 Å². The number of rotatable bonds is 12. The summed E-state index contributed by atoms with van der Waals surface area (Å²) < 4.78 is 10.9. The second kappa shape index (κ2) is 12.9. The zero-order valence-corrected chi connectivity index (χ0v) is 18.9. The van der Waals surface area contributed by atoms with Crippen molar-refractivity contribution >= 4 is 11.8 Å². The third kappa shape index (κ3) is 8.15. The van der Waals surface area contributed by atoms with E-state index in [9.17, 15) is 9.59 Å². The Morgan fingerprint density at radius 3 is 2.39 bits per heavy atom. The van der Waals surface area contributed by atoms with Gasteiger partial charge in [-0.3, -0.25) is 9.59 Å². The zero-order chi connectivity index (χ0) is 22.6. The number of aryl methyl sites for hydroxylation is 1. The maximum absolute atomic E-state index is 12.8. The van der Waals surface area contributed by atoms with E-state index >= 15 is 0 Å². The average molecular weight is 427 g/mol. The van der Waals surface area contributed by atoms with E-state index in [1.54, 1.807) is 6.07 Å². The fraction of sp³-hybridized carbons (Fsp3) is 0.440. The lowest BCUT2D eigenvalue weighted by molar-refractivity contribution is -0.124. The van der Waals surface area contributed by atoms with Gasteiger partial charge < -0.3 is 20.1 Å². The molecule has 2 N–H and O–H groups in total. The van der Waals surface area contributed by atoms with E-state index in [4.69, 9.17) is 9.47 Å². The van der Waals surface area contributed by atoms with Crippen molar-refractivity contribution in [3.8, 4) is 0 Å². The monoisotopic (exact) mass is 426 g/mol. The molecule has 0 radical (unpaired) electrons. The van der Waals surface area contributed by atoms with Crippen LogP contribution in [0.5, 0.6) is 0 Å². The van der Waals surface area contributed by atoms with E-state index in [0.717, 1.165) is 16.7 Å². The molecule has 0 aliphatic rings. The van der Waals surface area contributed by atoms with Crippen LogP contribution in [0.2, 0.25) is 0 Å². The predicted octanol–water partition coefficient (Wildman–Crippen LogP) is 3.62. The third-order valence-corrected chi connectivity index (χ3v) is 4.93. The van der Waals surface area contributed by atoms with Gasteiger partial charge in [0.25, 0.3) is 5.91 Å². The summed E-state index contributed by atoms with van der Waals surface area (Å²) in [5.74, 6) is -0.480. The van der Waals surface area contributed by atoms with Crippen LogP contribution >= 0.6 is 0 Å². The molecule has 0 aromatic heterocycles. The summed E-state index contributed by atoms with van der Waals surface area (Å²) >= 11 is 0. The van der Waals surface area contributed by atoms with Crippen LogP contribution in [0.3, 0.4) is 0 Å². The molecule has 31 heavy (non-hydrogen) atoms. The fourth-order valence-electron chi connectivity index (χ4n) is 3.16. The summed E-state index contributed by atoms with van der Waals surface area (Å²) in [6, 6.07) is 14.6. The SMILES string of the molecule is CCOCCOCc1cccc(CNC(=O)C(NC(=O)c2ccccc2C)C(C)C)c1. The fourth-order valence-corrected chi connectivity index (χ4v) is 3.16. The highest BCUT2D eigenvalue weighted by Crippen LogP contribution is 2.11. The lowest BCUT2D eigenvalue weighted by Crippen LogP contribution is -2.49. The Labute approximate surface area is 185 Å². The molecule has 2 aromatic rings. The molecule has 0 saturated heterocycles. The van der Waals surface area contributed by atoms with Gasteiger partial charge in [-0.15, -0.1) is 0 Å². The molecule has 0 aliphatic carbocycles. The van der Waals surface area contributed by atoms with Gasteiger partial charge in [0, 0.05) is 18.7 Å². The summed E-state index contributed by atoms with van der Waals surface area (Å²) in [7, 11) is 0. The molecule has 6 heteroatoms. The van der Waals surface area contributed by atoms with Crippen LogP contribution in [0.4, 0.5) is 0 Å². The molecule has 1 unspecified atom stereocenters. The van der Waals surface area contributed by atoms with E-state index in [-0.39, 0.29) is 17.7 Å². The smallest absolute Gasteiger partial charge is 0.252 e. The van der Waals surface area contributed by atoms with Crippen LogP contribution in [-0.2, 0) is 27.4 Å².